The predicted molar refractivity (Wildman–Crippen MR) is 246 cm³/mol. The Bertz CT molecular complexity index is 2410. The summed E-state index contributed by atoms with van der Waals surface area (Å²) in [5, 5.41) is 18.5. The number of hydrogen-bond acceptors (Lipinski definition) is 11. The van der Waals surface area contributed by atoms with Gasteiger partial charge in [0.15, 0.2) is 5.82 Å². The highest BCUT2D eigenvalue weighted by atomic mass is 35.5. The van der Waals surface area contributed by atoms with Crippen LogP contribution in [0.25, 0.3) is 0 Å². The Hall–Kier alpha value is -6.57. The molecule has 16 nitrogen and oxygen atoms in total. The van der Waals surface area contributed by atoms with Gasteiger partial charge in [-0.2, -0.15) is 4.98 Å². The van der Waals surface area contributed by atoms with Crippen molar-refractivity contribution < 1.29 is 24.0 Å². The van der Waals surface area contributed by atoms with E-state index in [0.29, 0.717) is 72.1 Å². The Morgan fingerprint density at radius 3 is 2.53 bits per heavy atom. The number of aromatic nitrogens is 2. The number of piperidine rings is 2. The highest BCUT2D eigenvalue weighted by molar-refractivity contribution is 6.33. The third kappa shape index (κ3) is 11.3. The average molecular weight is 888 g/mol. The molecule has 64 heavy (non-hydrogen) atoms. The number of nitrogens with zero attached hydrogens (tertiary/aromatic N) is 5. The zero-order chi connectivity index (χ0) is 45.2. The molecular formula is C47H54ClN11O5. The summed E-state index contributed by atoms with van der Waals surface area (Å²) in [7, 11) is 1.57. The van der Waals surface area contributed by atoms with Crippen LogP contribution in [0.5, 0.6) is 0 Å². The molecule has 17 heteroatoms. The van der Waals surface area contributed by atoms with Crippen LogP contribution >= 0.6 is 11.6 Å². The molecule has 2 aromatic carbocycles. The molecule has 1 aromatic heterocycles. The van der Waals surface area contributed by atoms with Gasteiger partial charge in [0.25, 0.3) is 11.8 Å². The fraction of sp³-hybridized carbons (Fsp3) is 0.404. The lowest BCUT2D eigenvalue weighted by Gasteiger charge is -2.35. The molecule has 1 aliphatic carbocycles. The third-order valence-electron chi connectivity index (χ3n) is 12.1. The lowest BCUT2D eigenvalue weighted by molar-refractivity contribution is -0.136. The van der Waals surface area contributed by atoms with E-state index in [9.17, 15) is 24.0 Å². The number of amides is 6. The second-order valence-corrected chi connectivity index (χ2v) is 16.8. The standard InChI is InChI=1S/C47H54ClN11O5/c1-29(53-46-52-27-37(48)42(57-46)55-39-10-5-4-9-36(39)43(61)50-3)11-18-38(49-2)31-21-24-58(25-22-31)47(64)54-34-15-13-33(14-16-34)51-23-7-6-8-30-12-17-35-32(26-30)28-59(45(35)63)40-19-20-41(60)56-44(40)62/h4-5,9-12,17-18,26-27,31,33-34,40,51H,2,7,13-16,19-25,28H2,1,3H3,(H,50,61)(H,54,64)(H,56,60,62)(H2,52,53,55,57)/b29-11+,38-18-/t33-,34-,40?. The number of halogens is 1. The summed E-state index contributed by atoms with van der Waals surface area (Å²) >= 11 is 6.40. The molecule has 4 aliphatic rings. The SMILES string of the molecule is C=N/C(=C\C=C(/C)Nc1ncc(Cl)c(Nc2ccccc2C(=O)NC)n1)C1CCN(C(=O)N[C@H]2CC[C@H](NCCC#Cc3ccc4c(c3)CN(C3CCC(=O)NC3=O)C4=O)CC2)CC1. The van der Waals surface area contributed by atoms with E-state index in [0.717, 1.165) is 67.6 Å². The van der Waals surface area contributed by atoms with E-state index in [1.54, 1.807) is 36.2 Å². The van der Waals surface area contributed by atoms with Crippen molar-refractivity contribution in [2.24, 2.45) is 10.9 Å². The second-order valence-electron chi connectivity index (χ2n) is 16.4. The van der Waals surface area contributed by atoms with E-state index in [-0.39, 0.29) is 42.1 Å². The fourth-order valence-corrected chi connectivity index (χ4v) is 8.69. The molecule has 1 atom stereocenters. The Labute approximate surface area is 378 Å². The number of carbonyl (C=O) groups is 5. The van der Waals surface area contributed by atoms with Gasteiger partial charge in [-0.3, -0.25) is 29.5 Å². The van der Waals surface area contributed by atoms with Crippen molar-refractivity contribution in [1.29, 1.82) is 0 Å². The Morgan fingerprint density at radius 1 is 1.02 bits per heavy atom. The molecular weight excluding hydrogens is 834 g/mol. The van der Waals surface area contributed by atoms with Gasteiger partial charge >= 0.3 is 6.03 Å². The van der Waals surface area contributed by atoms with Crippen molar-refractivity contribution in [2.75, 3.05) is 37.3 Å². The lowest BCUT2D eigenvalue weighted by Crippen LogP contribution is -2.52. The number of anilines is 3. The maximum Gasteiger partial charge on any atom is 0.317 e. The number of para-hydroxylation sites is 1. The summed E-state index contributed by atoms with van der Waals surface area (Å²) in [6.07, 6.45) is 11.9. The summed E-state index contributed by atoms with van der Waals surface area (Å²) in [4.78, 5) is 79.1. The molecule has 3 aromatic rings. The van der Waals surface area contributed by atoms with Crippen LogP contribution in [0, 0.1) is 17.8 Å². The molecule has 1 unspecified atom stereocenters. The van der Waals surface area contributed by atoms with Gasteiger partial charge in [-0.15, -0.1) is 0 Å². The number of benzene rings is 2. The van der Waals surface area contributed by atoms with Crippen LogP contribution in [0.1, 0.15) is 96.6 Å². The molecule has 4 heterocycles. The number of nitrogens with one attached hydrogen (secondary N) is 6. The average Bonchev–Trinajstić information content (AvgIpc) is 3.62. The molecule has 7 rings (SSSR count). The van der Waals surface area contributed by atoms with Gasteiger partial charge in [0.1, 0.15) is 11.1 Å². The number of rotatable bonds is 13. The van der Waals surface area contributed by atoms with Crippen molar-refractivity contribution in [3.05, 3.63) is 99.5 Å². The van der Waals surface area contributed by atoms with Crippen LogP contribution in [0.4, 0.5) is 22.2 Å². The van der Waals surface area contributed by atoms with Gasteiger partial charge in [0.05, 0.1) is 17.4 Å². The third-order valence-corrected chi connectivity index (χ3v) is 12.4. The highest BCUT2D eigenvalue weighted by Crippen LogP contribution is 2.30. The first-order chi connectivity index (χ1) is 31.0. The Morgan fingerprint density at radius 2 is 1.78 bits per heavy atom. The summed E-state index contributed by atoms with van der Waals surface area (Å²) in [5.41, 5.74) is 4.87. The number of urea groups is 1. The number of allylic oxidation sites excluding steroid dienone is 4. The number of carbonyl (C=O) groups excluding carboxylic acids is 5. The number of fused-ring (bicyclic) bond motifs is 1. The first-order valence-corrected chi connectivity index (χ1v) is 22.2. The molecule has 0 bridgehead atoms. The van der Waals surface area contributed by atoms with Crippen LogP contribution in [0.3, 0.4) is 0 Å². The van der Waals surface area contributed by atoms with Crippen molar-refractivity contribution >= 4 is 65.4 Å². The van der Waals surface area contributed by atoms with Crippen LogP contribution in [0.2, 0.25) is 5.02 Å². The molecule has 2 saturated heterocycles. The normalized spacial score (nSPS) is 20.4. The molecule has 6 amide bonds. The first kappa shape index (κ1) is 45.5. The second kappa shape index (κ2) is 21.2. The van der Waals surface area contributed by atoms with Crippen LogP contribution in [0.15, 0.2) is 77.2 Å². The minimum absolute atomic E-state index is 0.0179. The predicted octanol–water partition coefficient (Wildman–Crippen LogP) is 5.66. The zero-order valence-electron chi connectivity index (χ0n) is 36.1. The van der Waals surface area contributed by atoms with Crippen LogP contribution < -0.4 is 31.9 Å². The summed E-state index contributed by atoms with van der Waals surface area (Å²) in [6.45, 7) is 8.05. The van der Waals surface area contributed by atoms with Crippen molar-refractivity contribution in [3.63, 3.8) is 0 Å². The van der Waals surface area contributed by atoms with Gasteiger partial charge in [0.2, 0.25) is 17.8 Å². The summed E-state index contributed by atoms with van der Waals surface area (Å²) in [5.74, 6) is 6.13. The smallest absolute Gasteiger partial charge is 0.317 e. The quantitative estimate of drug-likeness (QED) is 0.0409. The number of imide groups is 1. The Balaban J connectivity index is 0.802. The lowest BCUT2D eigenvalue weighted by atomic mass is 9.91. The molecule has 1 saturated carbocycles. The van der Waals surface area contributed by atoms with E-state index in [4.69, 9.17) is 11.6 Å². The van der Waals surface area contributed by atoms with E-state index in [2.05, 4.69) is 65.4 Å². The van der Waals surface area contributed by atoms with Crippen LogP contribution in [-0.2, 0) is 16.1 Å². The molecule has 0 radical (unpaired) electrons. The minimum atomic E-state index is -0.635. The largest absolute Gasteiger partial charge is 0.355 e. The van der Waals surface area contributed by atoms with Crippen molar-refractivity contribution in [3.8, 4) is 11.8 Å². The van der Waals surface area contributed by atoms with Crippen molar-refractivity contribution in [2.45, 2.75) is 89.4 Å². The molecule has 3 fully saturated rings. The van der Waals surface area contributed by atoms with Gasteiger partial charge in [-0.05, 0) is 107 Å². The summed E-state index contributed by atoms with van der Waals surface area (Å²) < 4.78 is 0. The van der Waals surface area contributed by atoms with E-state index in [1.165, 1.54) is 6.20 Å². The number of likely N-dealkylation sites (tertiary alicyclic amines) is 1. The molecule has 6 N–H and O–H groups in total. The highest BCUT2D eigenvalue weighted by Gasteiger charge is 2.39. The van der Waals surface area contributed by atoms with E-state index in [1.807, 2.05) is 42.2 Å². The van der Waals surface area contributed by atoms with Crippen LogP contribution in [-0.4, -0.2) is 101 Å². The van der Waals surface area contributed by atoms with Gasteiger partial charge in [-0.1, -0.05) is 35.6 Å². The van der Waals surface area contributed by atoms with Gasteiger partial charge in [0, 0.05) is 86.6 Å². The fourth-order valence-electron chi connectivity index (χ4n) is 8.56. The summed E-state index contributed by atoms with van der Waals surface area (Å²) in [6, 6.07) is 12.5. The molecule has 0 spiro atoms. The molecule has 3 aliphatic heterocycles. The molecule has 334 valence electrons. The maximum atomic E-state index is 13.3. The van der Waals surface area contributed by atoms with E-state index < -0.39 is 11.9 Å². The van der Waals surface area contributed by atoms with Gasteiger partial charge in [-0.25, -0.2) is 9.78 Å². The minimum Gasteiger partial charge on any atom is -0.355 e. The topological polar surface area (TPSA) is 202 Å². The zero-order valence-corrected chi connectivity index (χ0v) is 36.9. The monoisotopic (exact) mass is 887 g/mol. The maximum absolute atomic E-state index is 13.3. The number of hydrogen-bond donors (Lipinski definition) is 6. The van der Waals surface area contributed by atoms with E-state index >= 15 is 0 Å². The Kier molecular flexibility index (Phi) is 15.1. The first-order valence-electron chi connectivity index (χ1n) is 21.8. The van der Waals surface area contributed by atoms with Gasteiger partial charge < -0.3 is 36.4 Å². The van der Waals surface area contributed by atoms with Crippen molar-refractivity contribution in [1.82, 2.24) is 41.0 Å². The number of aliphatic imine (C=N–C) groups is 1.